The van der Waals surface area contributed by atoms with Crippen LogP contribution in [0, 0.1) is 5.92 Å². The van der Waals surface area contributed by atoms with E-state index in [0.717, 1.165) is 16.7 Å². The first-order chi connectivity index (χ1) is 10.3. The average Bonchev–Trinajstić information content (AvgIpc) is 3.03. The Labute approximate surface area is 124 Å². The van der Waals surface area contributed by atoms with Gasteiger partial charge in [0.2, 0.25) is 0 Å². The molecule has 0 radical (unpaired) electrons. The summed E-state index contributed by atoms with van der Waals surface area (Å²) in [6, 6.07) is 19.6. The molecular weight excluding hydrogens is 256 g/mol. The zero-order chi connectivity index (χ0) is 14.5. The first kappa shape index (κ1) is 13.3. The van der Waals surface area contributed by atoms with E-state index in [1.54, 1.807) is 0 Å². The number of rotatable bonds is 4. The number of Topliss-reactive ketones (excluding diaryl/α,β-unsaturated/α-hetero) is 1. The van der Waals surface area contributed by atoms with Crippen molar-refractivity contribution < 1.29 is 4.79 Å². The summed E-state index contributed by atoms with van der Waals surface area (Å²) < 4.78 is 0. The lowest BCUT2D eigenvalue weighted by molar-refractivity contribution is 0.0966. The molecule has 0 N–H and O–H groups in total. The number of carbonyl (C=O) groups is 1. The Bertz CT molecular complexity index is 706. The van der Waals surface area contributed by atoms with Gasteiger partial charge in [0.25, 0.3) is 0 Å². The first-order valence-electron chi connectivity index (χ1n) is 7.05. The van der Waals surface area contributed by atoms with Crippen molar-refractivity contribution in [2.24, 2.45) is 5.92 Å². The number of allylic oxidation sites excluding steroid dienone is 5. The molecule has 21 heavy (non-hydrogen) atoms. The monoisotopic (exact) mass is 272 g/mol. The van der Waals surface area contributed by atoms with Gasteiger partial charge in [-0.1, -0.05) is 91.0 Å². The number of hydrogen-bond donors (Lipinski definition) is 0. The third kappa shape index (κ3) is 3.26. The predicted molar refractivity (Wildman–Crippen MR) is 87.0 cm³/mol. The summed E-state index contributed by atoms with van der Waals surface area (Å²) in [5, 5.41) is 0. The highest BCUT2D eigenvalue weighted by Gasteiger charge is 2.18. The van der Waals surface area contributed by atoms with Crippen molar-refractivity contribution in [1.82, 2.24) is 0 Å². The predicted octanol–water partition coefficient (Wildman–Crippen LogP) is 4.70. The maximum atomic E-state index is 12.3. The first-order valence-corrected chi connectivity index (χ1v) is 7.05. The van der Waals surface area contributed by atoms with E-state index in [0.29, 0.717) is 0 Å². The molecule has 102 valence electrons. The van der Waals surface area contributed by atoms with Gasteiger partial charge >= 0.3 is 0 Å². The Balaban J connectivity index is 1.72. The van der Waals surface area contributed by atoms with Crippen molar-refractivity contribution in [3.63, 3.8) is 0 Å². The maximum absolute atomic E-state index is 12.3. The molecule has 0 aromatic heterocycles. The van der Waals surface area contributed by atoms with Gasteiger partial charge in [-0.2, -0.15) is 0 Å². The van der Waals surface area contributed by atoms with Gasteiger partial charge in [0, 0.05) is 5.56 Å². The van der Waals surface area contributed by atoms with Crippen molar-refractivity contribution in [3.8, 4) is 0 Å². The van der Waals surface area contributed by atoms with Gasteiger partial charge in [-0.3, -0.25) is 4.79 Å². The largest absolute Gasteiger partial charge is 0.293 e. The Morgan fingerprint density at radius 1 is 0.857 bits per heavy atom. The molecule has 1 heteroatoms. The van der Waals surface area contributed by atoms with E-state index >= 15 is 0 Å². The minimum absolute atomic E-state index is 0.148. The summed E-state index contributed by atoms with van der Waals surface area (Å²) in [7, 11) is 0. The highest BCUT2D eigenvalue weighted by Crippen LogP contribution is 2.21. The molecule has 1 unspecified atom stereocenters. The van der Waals surface area contributed by atoms with Crippen LogP contribution in [-0.2, 0) is 0 Å². The van der Waals surface area contributed by atoms with Crippen LogP contribution in [0.3, 0.4) is 0 Å². The van der Waals surface area contributed by atoms with E-state index in [2.05, 4.69) is 18.2 Å². The van der Waals surface area contributed by atoms with Gasteiger partial charge in [0.1, 0.15) is 0 Å². The third-order valence-electron chi connectivity index (χ3n) is 3.50. The highest BCUT2D eigenvalue weighted by molar-refractivity contribution is 6.00. The van der Waals surface area contributed by atoms with Gasteiger partial charge in [0.15, 0.2) is 5.78 Å². The van der Waals surface area contributed by atoms with E-state index in [1.807, 2.05) is 72.8 Å². The molecule has 3 rings (SSSR count). The second kappa shape index (κ2) is 6.19. The fraction of sp³-hybridized carbons (Fsp3) is 0.0500. The average molecular weight is 272 g/mol. The van der Waals surface area contributed by atoms with Gasteiger partial charge in [-0.05, 0) is 11.1 Å². The number of hydrogen-bond acceptors (Lipinski definition) is 1. The standard InChI is InChI=1S/C20H16O/c21-20(18-9-5-2-6-10-18)19-14-13-17(15-19)12-11-16-7-3-1-4-8-16/h1-15,19H/b12-11+. The molecule has 1 atom stereocenters. The van der Waals surface area contributed by atoms with Crippen LogP contribution in [0.15, 0.2) is 90.5 Å². The van der Waals surface area contributed by atoms with E-state index < -0.39 is 0 Å². The summed E-state index contributed by atoms with van der Waals surface area (Å²) >= 11 is 0. The van der Waals surface area contributed by atoms with Crippen molar-refractivity contribution in [1.29, 1.82) is 0 Å². The maximum Gasteiger partial charge on any atom is 0.173 e. The van der Waals surface area contributed by atoms with Crippen LogP contribution in [0.4, 0.5) is 0 Å². The van der Waals surface area contributed by atoms with E-state index in [4.69, 9.17) is 0 Å². The summed E-state index contributed by atoms with van der Waals surface area (Å²) in [5.41, 5.74) is 2.99. The SMILES string of the molecule is O=C(c1ccccc1)C1C=CC(/C=C/c2ccccc2)=C1. The van der Waals surface area contributed by atoms with Crippen LogP contribution in [0.2, 0.25) is 0 Å². The normalized spacial score (nSPS) is 17.1. The van der Waals surface area contributed by atoms with Crippen LogP contribution in [0.25, 0.3) is 6.08 Å². The summed E-state index contributed by atoms with van der Waals surface area (Å²) in [6.45, 7) is 0. The minimum Gasteiger partial charge on any atom is -0.293 e. The van der Waals surface area contributed by atoms with Crippen LogP contribution in [0.5, 0.6) is 0 Å². The lowest BCUT2D eigenvalue weighted by Gasteiger charge is -2.03. The van der Waals surface area contributed by atoms with Crippen molar-refractivity contribution in [2.45, 2.75) is 0 Å². The molecule has 0 heterocycles. The zero-order valence-electron chi connectivity index (χ0n) is 11.6. The van der Waals surface area contributed by atoms with E-state index in [9.17, 15) is 4.79 Å². The van der Waals surface area contributed by atoms with Gasteiger partial charge in [-0.25, -0.2) is 0 Å². The third-order valence-corrected chi connectivity index (χ3v) is 3.50. The Hall–Kier alpha value is -2.67. The Morgan fingerprint density at radius 3 is 2.24 bits per heavy atom. The van der Waals surface area contributed by atoms with Gasteiger partial charge in [-0.15, -0.1) is 0 Å². The molecular formula is C20H16O. The number of carbonyl (C=O) groups excluding carboxylic acids is 1. The van der Waals surface area contributed by atoms with Crippen molar-refractivity contribution >= 4 is 11.9 Å². The fourth-order valence-corrected chi connectivity index (χ4v) is 2.36. The molecule has 1 aliphatic rings. The highest BCUT2D eigenvalue weighted by atomic mass is 16.1. The van der Waals surface area contributed by atoms with Gasteiger partial charge in [0.05, 0.1) is 5.92 Å². The smallest absolute Gasteiger partial charge is 0.173 e. The van der Waals surface area contributed by atoms with Crippen molar-refractivity contribution in [3.05, 3.63) is 102 Å². The second-order valence-corrected chi connectivity index (χ2v) is 5.03. The summed E-state index contributed by atoms with van der Waals surface area (Å²) in [5.74, 6) is -0.00205. The molecule has 0 saturated carbocycles. The fourth-order valence-electron chi connectivity index (χ4n) is 2.36. The number of ketones is 1. The van der Waals surface area contributed by atoms with Crippen LogP contribution >= 0.6 is 0 Å². The zero-order valence-corrected chi connectivity index (χ0v) is 11.6. The molecule has 0 saturated heterocycles. The molecule has 1 aliphatic carbocycles. The minimum atomic E-state index is -0.150. The summed E-state index contributed by atoms with van der Waals surface area (Å²) in [6.07, 6.45) is 10.1. The van der Waals surface area contributed by atoms with Crippen LogP contribution in [-0.4, -0.2) is 5.78 Å². The van der Waals surface area contributed by atoms with Crippen LogP contribution < -0.4 is 0 Å². The lowest BCUT2D eigenvalue weighted by Crippen LogP contribution is -2.08. The molecule has 2 aromatic rings. The van der Waals surface area contributed by atoms with Crippen LogP contribution in [0.1, 0.15) is 15.9 Å². The quantitative estimate of drug-likeness (QED) is 0.738. The number of benzene rings is 2. The topological polar surface area (TPSA) is 17.1 Å². The summed E-state index contributed by atoms with van der Waals surface area (Å²) in [4.78, 5) is 12.3. The molecule has 0 spiro atoms. The van der Waals surface area contributed by atoms with Gasteiger partial charge < -0.3 is 0 Å². The lowest BCUT2D eigenvalue weighted by atomic mass is 9.99. The molecule has 1 nitrogen and oxygen atoms in total. The Morgan fingerprint density at radius 2 is 1.52 bits per heavy atom. The molecule has 0 amide bonds. The molecule has 0 aliphatic heterocycles. The molecule has 2 aromatic carbocycles. The molecule has 0 bridgehead atoms. The molecule has 0 fully saturated rings. The Kier molecular flexibility index (Phi) is 3.92. The van der Waals surface area contributed by atoms with Crippen molar-refractivity contribution in [2.75, 3.05) is 0 Å². The van der Waals surface area contributed by atoms with E-state index in [1.165, 1.54) is 0 Å². The van der Waals surface area contributed by atoms with E-state index in [-0.39, 0.29) is 11.7 Å². The second-order valence-electron chi connectivity index (χ2n) is 5.03.